The van der Waals surface area contributed by atoms with Crippen LogP contribution in [0.1, 0.15) is 25.0 Å². The van der Waals surface area contributed by atoms with Gasteiger partial charge in [0.1, 0.15) is 5.54 Å². The third-order valence-corrected chi connectivity index (χ3v) is 3.31. The first kappa shape index (κ1) is 13.5. The summed E-state index contributed by atoms with van der Waals surface area (Å²) in [6, 6.07) is 5.86. The summed E-state index contributed by atoms with van der Waals surface area (Å²) in [5.74, 6) is -0.839. The molecule has 0 spiro atoms. The number of carbonyl (C=O) groups excluding carboxylic acids is 1. The third-order valence-electron chi connectivity index (χ3n) is 3.31. The maximum atomic E-state index is 11.2. The Balaban J connectivity index is 1.93. The van der Waals surface area contributed by atoms with Gasteiger partial charge >= 0.3 is 5.97 Å². The first-order valence-electron chi connectivity index (χ1n) is 6.28. The largest absolute Gasteiger partial charge is 0.480 e. The molecule has 1 aliphatic rings. The van der Waals surface area contributed by atoms with Crippen molar-refractivity contribution >= 4 is 17.6 Å². The zero-order valence-corrected chi connectivity index (χ0v) is 11.1. The fraction of sp³-hybridized carbons (Fsp3) is 0.429. The Morgan fingerprint density at radius 2 is 2.21 bits per heavy atom. The lowest BCUT2D eigenvalue weighted by Gasteiger charge is -2.21. The van der Waals surface area contributed by atoms with E-state index in [1.165, 1.54) is 0 Å². The van der Waals surface area contributed by atoms with Crippen LogP contribution in [0.15, 0.2) is 18.2 Å². The predicted octanol–water partition coefficient (Wildman–Crippen LogP) is 1.18. The molecule has 2 rings (SSSR count). The first-order valence-corrected chi connectivity index (χ1v) is 6.28. The summed E-state index contributed by atoms with van der Waals surface area (Å²) < 4.78 is 0. The topological polar surface area (TPSA) is 78.4 Å². The van der Waals surface area contributed by atoms with Gasteiger partial charge in [-0.15, -0.1) is 0 Å². The molecule has 102 valence electrons. The second-order valence-electron chi connectivity index (χ2n) is 5.32. The van der Waals surface area contributed by atoms with Gasteiger partial charge < -0.3 is 15.7 Å². The number of aliphatic carboxylic acids is 1. The number of benzene rings is 1. The van der Waals surface area contributed by atoms with E-state index in [1.54, 1.807) is 13.8 Å². The molecule has 1 aliphatic heterocycles. The molecule has 19 heavy (non-hydrogen) atoms. The minimum atomic E-state index is -0.922. The van der Waals surface area contributed by atoms with E-state index in [9.17, 15) is 9.59 Å². The van der Waals surface area contributed by atoms with Gasteiger partial charge in [0.25, 0.3) is 0 Å². The third kappa shape index (κ3) is 3.12. The Hall–Kier alpha value is -1.88. The van der Waals surface area contributed by atoms with Crippen molar-refractivity contribution in [1.82, 2.24) is 5.32 Å². The fourth-order valence-corrected chi connectivity index (χ4v) is 2.03. The molecule has 0 radical (unpaired) electrons. The van der Waals surface area contributed by atoms with Crippen molar-refractivity contribution in [3.8, 4) is 0 Å². The van der Waals surface area contributed by atoms with Crippen LogP contribution < -0.4 is 10.6 Å². The van der Waals surface area contributed by atoms with Gasteiger partial charge in [-0.2, -0.15) is 0 Å². The second-order valence-corrected chi connectivity index (χ2v) is 5.32. The number of amides is 1. The summed E-state index contributed by atoms with van der Waals surface area (Å²) in [5.41, 5.74) is 2.07. The lowest BCUT2D eigenvalue weighted by atomic mass is 10.0. The van der Waals surface area contributed by atoms with Crippen molar-refractivity contribution in [2.45, 2.75) is 32.2 Å². The second kappa shape index (κ2) is 5.01. The number of rotatable bonds is 5. The molecule has 0 saturated carbocycles. The zero-order valence-electron chi connectivity index (χ0n) is 11.1. The van der Waals surface area contributed by atoms with E-state index in [0.717, 1.165) is 23.2 Å². The molecular formula is C14H18N2O3. The van der Waals surface area contributed by atoms with Crippen LogP contribution in [0.3, 0.4) is 0 Å². The maximum Gasteiger partial charge on any atom is 0.323 e. The van der Waals surface area contributed by atoms with Gasteiger partial charge in [0.05, 0.1) is 6.42 Å². The van der Waals surface area contributed by atoms with Crippen LogP contribution in [0.25, 0.3) is 0 Å². The SMILES string of the molecule is CC(C)(NCCc1ccc2c(c1)CC(=O)N2)C(=O)O. The highest BCUT2D eigenvalue weighted by atomic mass is 16.4. The Morgan fingerprint density at radius 3 is 2.89 bits per heavy atom. The number of hydrogen-bond acceptors (Lipinski definition) is 3. The van der Waals surface area contributed by atoms with E-state index in [4.69, 9.17) is 5.11 Å². The van der Waals surface area contributed by atoms with Crippen molar-refractivity contribution in [1.29, 1.82) is 0 Å². The van der Waals surface area contributed by atoms with Crippen LogP contribution in [0.2, 0.25) is 0 Å². The Morgan fingerprint density at radius 1 is 1.47 bits per heavy atom. The average molecular weight is 262 g/mol. The monoisotopic (exact) mass is 262 g/mol. The molecule has 0 aliphatic carbocycles. The highest BCUT2D eigenvalue weighted by Gasteiger charge is 2.25. The molecule has 1 amide bonds. The molecule has 0 fully saturated rings. The van der Waals surface area contributed by atoms with Crippen molar-refractivity contribution in [2.24, 2.45) is 0 Å². The van der Waals surface area contributed by atoms with Crippen molar-refractivity contribution < 1.29 is 14.7 Å². The van der Waals surface area contributed by atoms with Gasteiger partial charge in [-0.3, -0.25) is 9.59 Å². The molecule has 0 saturated heterocycles. The van der Waals surface area contributed by atoms with Crippen LogP contribution in [0, 0.1) is 0 Å². The quantitative estimate of drug-likeness (QED) is 0.744. The number of fused-ring (bicyclic) bond motifs is 1. The van der Waals surface area contributed by atoms with Crippen LogP contribution >= 0.6 is 0 Å². The number of anilines is 1. The summed E-state index contributed by atoms with van der Waals surface area (Å²) in [4.78, 5) is 22.2. The van der Waals surface area contributed by atoms with E-state index >= 15 is 0 Å². The van der Waals surface area contributed by atoms with Crippen LogP contribution in [-0.4, -0.2) is 29.1 Å². The zero-order chi connectivity index (χ0) is 14.0. The van der Waals surface area contributed by atoms with E-state index < -0.39 is 11.5 Å². The lowest BCUT2D eigenvalue weighted by molar-refractivity contribution is -0.143. The molecule has 0 aromatic heterocycles. The fourth-order valence-electron chi connectivity index (χ4n) is 2.03. The maximum absolute atomic E-state index is 11.2. The summed E-state index contributed by atoms with van der Waals surface area (Å²) >= 11 is 0. The number of carboxylic acid groups (broad SMARTS) is 1. The molecule has 5 heteroatoms. The molecule has 0 unspecified atom stereocenters. The summed E-state index contributed by atoms with van der Waals surface area (Å²) in [5, 5.41) is 14.8. The Labute approximate surface area is 112 Å². The van der Waals surface area contributed by atoms with Gasteiger partial charge in [-0.05, 0) is 37.5 Å². The van der Waals surface area contributed by atoms with Crippen molar-refractivity contribution in [2.75, 3.05) is 11.9 Å². The number of hydrogen-bond donors (Lipinski definition) is 3. The van der Waals surface area contributed by atoms with E-state index in [1.807, 2.05) is 18.2 Å². The predicted molar refractivity (Wildman–Crippen MR) is 72.2 cm³/mol. The molecule has 1 aromatic carbocycles. The number of nitrogens with one attached hydrogen (secondary N) is 2. The summed E-state index contributed by atoms with van der Waals surface area (Å²) in [6.45, 7) is 3.86. The normalized spacial score (nSPS) is 14.1. The van der Waals surface area contributed by atoms with Crippen molar-refractivity contribution in [3.63, 3.8) is 0 Å². The van der Waals surface area contributed by atoms with E-state index in [2.05, 4.69) is 10.6 Å². The Kier molecular flexibility index (Phi) is 3.57. The molecule has 1 heterocycles. The van der Waals surface area contributed by atoms with Gasteiger partial charge in [0.2, 0.25) is 5.91 Å². The molecule has 0 atom stereocenters. The van der Waals surface area contributed by atoms with Crippen LogP contribution in [0.4, 0.5) is 5.69 Å². The first-order chi connectivity index (χ1) is 8.88. The van der Waals surface area contributed by atoms with E-state index in [0.29, 0.717) is 13.0 Å². The highest BCUT2D eigenvalue weighted by molar-refractivity contribution is 5.99. The molecule has 1 aromatic rings. The lowest BCUT2D eigenvalue weighted by Crippen LogP contribution is -2.47. The average Bonchev–Trinajstić information content (AvgIpc) is 2.68. The standard InChI is InChI=1S/C14H18N2O3/c1-14(2,13(18)19)15-6-5-9-3-4-11-10(7-9)8-12(17)16-11/h3-4,7,15H,5-6,8H2,1-2H3,(H,16,17)(H,18,19). The minimum absolute atomic E-state index is 0.0253. The Bertz CT molecular complexity index is 523. The van der Waals surface area contributed by atoms with Crippen molar-refractivity contribution in [3.05, 3.63) is 29.3 Å². The highest BCUT2D eigenvalue weighted by Crippen LogP contribution is 2.23. The minimum Gasteiger partial charge on any atom is -0.480 e. The smallest absolute Gasteiger partial charge is 0.323 e. The van der Waals surface area contributed by atoms with E-state index in [-0.39, 0.29) is 5.91 Å². The van der Waals surface area contributed by atoms with Gasteiger partial charge in [-0.25, -0.2) is 0 Å². The molecular weight excluding hydrogens is 244 g/mol. The van der Waals surface area contributed by atoms with Crippen LogP contribution in [0.5, 0.6) is 0 Å². The van der Waals surface area contributed by atoms with Gasteiger partial charge in [0, 0.05) is 12.2 Å². The van der Waals surface area contributed by atoms with Crippen LogP contribution in [-0.2, 0) is 22.4 Å². The molecule has 5 nitrogen and oxygen atoms in total. The summed E-state index contributed by atoms with van der Waals surface area (Å²) in [7, 11) is 0. The molecule has 0 bridgehead atoms. The number of carboxylic acids is 1. The number of carbonyl (C=O) groups is 2. The van der Waals surface area contributed by atoms with Gasteiger partial charge in [0.15, 0.2) is 0 Å². The van der Waals surface area contributed by atoms with Gasteiger partial charge in [-0.1, -0.05) is 12.1 Å². The molecule has 3 N–H and O–H groups in total. The summed E-state index contributed by atoms with van der Waals surface area (Å²) in [6.07, 6.45) is 1.16.